The summed E-state index contributed by atoms with van der Waals surface area (Å²) >= 11 is 0. The van der Waals surface area contributed by atoms with Crippen LogP contribution >= 0.6 is 0 Å². The quantitative estimate of drug-likeness (QED) is 0.724. The molecule has 2 N–H and O–H groups in total. The van der Waals surface area contributed by atoms with E-state index in [1.165, 1.54) is 24.0 Å². The van der Waals surface area contributed by atoms with Gasteiger partial charge in [0.2, 0.25) is 0 Å². The SMILES string of the molecule is NC1CCS(=O)c2cc3c(cc21)CCC3. The van der Waals surface area contributed by atoms with Crippen molar-refractivity contribution in [2.24, 2.45) is 5.73 Å². The Balaban J connectivity index is 2.19. The molecule has 0 spiro atoms. The maximum Gasteiger partial charge on any atom is 0.0533 e. The number of nitrogens with two attached hydrogens (primary N) is 1. The maximum absolute atomic E-state index is 11.9. The van der Waals surface area contributed by atoms with Crippen LogP contribution in [0.1, 0.15) is 35.6 Å². The Kier molecular flexibility index (Phi) is 2.18. The molecule has 1 aliphatic carbocycles. The van der Waals surface area contributed by atoms with Gasteiger partial charge in [-0.3, -0.25) is 4.21 Å². The van der Waals surface area contributed by atoms with Crippen LogP contribution in [0.2, 0.25) is 0 Å². The standard InChI is InChI=1S/C12H15NOS/c13-11-4-5-15(14)12-7-9-3-1-2-8(9)6-10(11)12/h6-7,11H,1-5,13H2. The Hall–Kier alpha value is -0.670. The molecule has 1 aromatic carbocycles. The van der Waals surface area contributed by atoms with E-state index in [-0.39, 0.29) is 6.04 Å². The second-order valence-electron chi connectivity index (χ2n) is 4.46. The smallest absolute Gasteiger partial charge is 0.0533 e. The van der Waals surface area contributed by atoms with Crippen LogP contribution in [-0.4, -0.2) is 9.96 Å². The van der Waals surface area contributed by atoms with E-state index in [9.17, 15) is 4.21 Å². The van der Waals surface area contributed by atoms with Crippen LogP contribution in [0, 0.1) is 0 Å². The fraction of sp³-hybridized carbons (Fsp3) is 0.500. The van der Waals surface area contributed by atoms with Crippen molar-refractivity contribution in [3.05, 3.63) is 28.8 Å². The van der Waals surface area contributed by atoms with Crippen molar-refractivity contribution in [2.75, 3.05) is 5.75 Å². The number of hydrogen-bond acceptors (Lipinski definition) is 2. The van der Waals surface area contributed by atoms with E-state index in [0.717, 1.165) is 29.1 Å². The molecule has 3 rings (SSSR count). The van der Waals surface area contributed by atoms with Gasteiger partial charge in [-0.25, -0.2) is 0 Å². The molecular formula is C12H15NOS. The van der Waals surface area contributed by atoms with Gasteiger partial charge in [0.1, 0.15) is 0 Å². The molecule has 1 aromatic rings. The van der Waals surface area contributed by atoms with Gasteiger partial charge in [-0.2, -0.15) is 0 Å². The largest absolute Gasteiger partial charge is 0.324 e. The zero-order chi connectivity index (χ0) is 10.4. The van der Waals surface area contributed by atoms with Gasteiger partial charge in [0.25, 0.3) is 0 Å². The molecular weight excluding hydrogens is 206 g/mol. The molecule has 0 aromatic heterocycles. The molecule has 0 fully saturated rings. The van der Waals surface area contributed by atoms with Crippen molar-refractivity contribution in [3.63, 3.8) is 0 Å². The monoisotopic (exact) mass is 221 g/mol. The van der Waals surface area contributed by atoms with Gasteiger partial charge >= 0.3 is 0 Å². The van der Waals surface area contributed by atoms with E-state index < -0.39 is 10.8 Å². The molecule has 0 saturated heterocycles. The number of fused-ring (bicyclic) bond motifs is 2. The third kappa shape index (κ3) is 1.45. The van der Waals surface area contributed by atoms with Crippen molar-refractivity contribution < 1.29 is 4.21 Å². The van der Waals surface area contributed by atoms with E-state index in [2.05, 4.69) is 12.1 Å². The molecule has 0 amide bonds. The van der Waals surface area contributed by atoms with E-state index in [1.54, 1.807) is 0 Å². The summed E-state index contributed by atoms with van der Waals surface area (Å²) in [7, 11) is -0.808. The highest BCUT2D eigenvalue weighted by atomic mass is 32.2. The molecule has 3 heteroatoms. The van der Waals surface area contributed by atoms with Gasteiger partial charge in [-0.15, -0.1) is 0 Å². The average Bonchev–Trinajstić information content (AvgIpc) is 2.69. The highest BCUT2D eigenvalue weighted by Crippen LogP contribution is 2.34. The molecule has 0 bridgehead atoms. The summed E-state index contributed by atoms with van der Waals surface area (Å²) < 4.78 is 11.9. The molecule has 80 valence electrons. The molecule has 2 unspecified atom stereocenters. The van der Waals surface area contributed by atoms with Gasteiger partial charge in [0, 0.05) is 16.7 Å². The van der Waals surface area contributed by atoms with E-state index in [0.29, 0.717) is 0 Å². The molecule has 15 heavy (non-hydrogen) atoms. The van der Waals surface area contributed by atoms with Crippen molar-refractivity contribution >= 4 is 10.8 Å². The molecule has 2 nitrogen and oxygen atoms in total. The second-order valence-corrected chi connectivity index (χ2v) is 6.00. The summed E-state index contributed by atoms with van der Waals surface area (Å²) in [5.41, 5.74) is 10.0. The predicted molar refractivity (Wildman–Crippen MR) is 61.3 cm³/mol. The van der Waals surface area contributed by atoms with E-state index in [1.807, 2.05) is 0 Å². The summed E-state index contributed by atoms with van der Waals surface area (Å²) in [6.07, 6.45) is 4.41. The van der Waals surface area contributed by atoms with Crippen LogP contribution in [0.15, 0.2) is 17.0 Å². The minimum Gasteiger partial charge on any atom is -0.324 e. The summed E-state index contributed by atoms with van der Waals surface area (Å²) in [5, 5.41) is 0. The first-order valence-electron chi connectivity index (χ1n) is 5.55. The van der Waals surface area contributed by atoms with Gasteiger partial charge in [-0.1, -0.05) is 6.07 Å². The van der Waals surface area contributed by atoms with Gasteiger partial charge in [-0.05, 0) is 48.4 Å². The summed E-state index contributed by atoms with van der Waals surface area (Å²) in [5.74, 6) is 0.729. The van der Waals surface area contributed by atoms with Crippen LogP contribution < -0.4 is 5.73 Å². The molecule has 1 heterocycles. The van der Waals surface area contributed by atoms with Crippen molar-refractivity contribution in [1.29, 1.82) is 0 Å². The topological polar surface area (TPSA) is 43.1 Å². The lowest BCUT2D eigenvalue weighted by molar-refractivity contribution is 0.636. The second kappa shape index (κ2) is 3.42. The highest BCUT2D eigenvalue weighted by Gasteiger charge is 2.25. The maximum atomic E-state index is 11.9. The van der Waals surface area contributed by atoms with Crippen molar-refractivity contribution in [3.8, 4) is 0 Å². The van der Waals surface area contributed by atoms with Crippen molar-refractivity contribution in [2.45, 2.75) is 36.6 Å². The zero-order valence-electron chi connectivity index (χ0n) is 8.66. The van der Waals surface area contributed by atoms with Crippen molar-refractivity contribution in [1.82, 2.24) is 0 Å². The first-order valence-corrected chi connectivity index (χ1v) is 6.87. The molecule has 2 atom stereocenters. The van der Waals surface area contributed by atoms with Gasteiger partial charge in [0.05, 0.1) is 10.8 Å². The van der Waals surface area contributed by atoms with Crippen LogP contribution in [0.4, 0.5) is 0 Å². The number of benzene rings is 1. The van der Waals surface area contributed by atoms with Crippen LogP contribution in [0.25, 0.3) is 0 Å². The Morgan fingerprint density at radius 2 is 2.00 bits per heavy atom. The lowest BCUT2D eigenvalue weighted by Gasteiger charge is -2.22. The Bertz CT molecular complexity index is 441. The first-order chi connectivity index (χ1) is 7.25. The fourth-order valence-corrected chi connectivity index (χ4v) is 4.04. The number of rotatable bonds is 0. The minimum absolute atomic E-state index is 0.101. The zero-order valence-corrected chi connectivity index (χ0v) is 9.48. The van der Waals surface area contributed by atoms with Gasteiger partial charge < -0.3 is 5.73 Å². The molecule has 1 aliphatic heterocycles. The Labute approximate surface area is 92.3 Å². The fourth-order valence-electron chi connectivity index (χ4n) is 2.61. The molecule has 0 saturated carbocycles. The van der Waals surface area contributed by atoms with Gasteiger partial charge in [0.15, 0.2) is 0 Å². The predicted octanol–water partition coefficient (Wildman–Crippen LogP) is 1.69. The lowest BCUT2D eigenvalue weighted by Crippen LogP contribution is -2.22. The molecule has 2 aliphatic rings. The van der Waals surface area contributed by atoms with Crippen LogP contribution in [-0.2, 0) is 23.6 Å². The lowest BCUT2D eigenvalue weighted by atomic mass is 9.99. The third-order valence-corrected chi connectivity index (χ3v) is 4.93. The highest BCUT2D eigenvalue weighted by molar-refractivity contribution is 7.85. The normalized spacial score (nSPS) is 28.6. The summed E-state index contributed by atoms with van der Waals surface area (Å²) in [6.45, 7) is 0. The number of hydrogen-bond donors (Lipinski definition) is 1. The Morgan fingerprint density at radius 1 is 1.27 bits per heavy atom. The third-order valence-electron chi connectivity index (χ3n) is 3.48. The average molecular weight is 221 g/mol. The minimum atomic E-state index is -0.808. The number of aryl methyl sites for hydroxylation is 2. The summed E-state index contributed by atoms with van der Waals surface area (Å²) in [6, 6.07) is 4.45. The Morgan fingerprint density at radius 3 is 2.80 bits per heavy atom. The van der Waals surface area contributed by atoms with E-state index >= 15 is 0 Å². The van der Waals surface area contributed by atoms with E-state index in [4.69, 9.17) is 5.73 Å². The van der Waals surface area contributed by atoms with Crippen LogP contribution in [0.3, 0.4) is 0 Å². The first kappa shape index (κ1) is 9.55. The van der Waals surface area contributed by atoms with Crippen LogP contribution in [0.5, 0.6) is 0 Å². The molecule has 0 radical (unpaired) electrons. The summed E-state index contributed by atoms with van der Waals surface area (Å²) in [4.78, 5) is 1.01.